The van der Waals surface area contributed by atoms with E-state index in [0.29, 0.717) is 6.61 Å². The van der Waals surface area contributed by atoms with Gasteiger partial charge in [0.2, 0.25) is 0 Å². The molecule has 1 aromatic heterocycles. The Morgan fingerprint density at radius 2 is 2.08 bits per heavy atom. The molecule has 0 fully saturated rings. The second kappa shape index (κ2) is 4.94. The van der Waals surface area contributed by atoms with E-state index < -0.39 is 0 Å². The molecule has 0 amide bonds. The van der Waals surface area contributed by atoms with E-state index in [0.717, 1.165) is 21.2 Å². The predicted molar refractivity (Wildman–Crippen MR) is 55.3 cm³/mol. The highest BCUT2D eigenvalue weighted by Crippen LogP contribution is 2.14. The minimum Gasteiger partial charge on any atom is -0.378 e. The Bertz CT molecular complexity index is 265. The number of ether oxygens (including phenoxy) is 1. The molecule has 0 bridgehead atoms. The molecule has 0 aliphatic heterocycles. The highest BCUT2D eigenvalue weighted by Gasteiger charge is 1.99. The molecule has 0 aromatic carbocycles. The number of pyridine rings is 1. The molecular weight excluding hydrogens is 286 g/mol. The molecular formula is C8H9Br2NO. The van der Waals surface area contributed by atoms with Gasteiger partial charge in [-0.1, -0.05) is 31.9 Å². The van der Waals surface area contributed by atoms with Gasteiger partial charge in [0.15, 0.2) is 0 Å². The number of nitrogens with zero attached hydrogens (tertiary/aromatic N) is 1. The SMILES string of the molecule is COCc1cc(Br)cc(CBr)n1. The van der Waals surface area contributed by atoms with Gasteiger partial charge < -0.3 is 4.74 Å². The molecule has 0 aliphatic carbocycles. The maximum absolute atomic E-state index is 4.98. The minimum atomic E-state index is 0.555. The molecule has 0 saturated heterocycles. The van der Waals surface area contributed by atoms with E-state index in [1.54, 1.807) is 7.11 Å². The first-order chi connectivity index (χ1) is 5.76. The number of aromatic nitrogens is 1. The Hall–Kier alpha value is 0.0700. The lowest BCUT2D eigenvalue weighted by molar-refractivity contribution is 0.181. The van der Waals surface area contributed by atoms with E-state index in [-0.39, 0.29) is 0 Å². The van der Waals surface area contributed by atoms with Crippen LogP contribution in [-0.2, 0) is 16.7 Å². The van der Waals surface area contributed by atoms with Gasteiger partial charge in [-0.2, -0.15) is 0 Å². The van der Waals surface area contributed by atoms with E-state index in [1.165, 1.54) is 0 Å². The minimum absolute atomic E-state index is 0.555. The van der Waals surface area contributed by atoms with E-state index >= 15 is 0 Å². The van der Waals surface area contributed by atoms with Crippen molar-refractivity contribution >= 4 is 31.9 Å². The van der Waals surface area contributed by atoms with Gasteiger partial charge in [-0.05, 0) is 12.1 Å². The van der Waals surface area contributed by atoms with Gasteiger partial charge in [0, 0.05) is 16.9 Å². The Morgan fingerprint density at radius 3 is 2.67 bits per heavy atom. The fourth-order valence-corrected chi connectivity index (χ4v) is 1.72. The molecule has 1 rings (SSSR count). The van der Waals surface area contributed by atoms with Crippen LogP contribution < -0.4 is 0 Å². The van der Waals surface area contributed by atoms with Crippen molar-refractivity contribution in [1.29, 1.82) is 0 Å². The summed E-state index contributed by atoms with van der Waals surface area (Å²) in [6.45, 7) is 0.555. The second-order valence-electron chi connectivity index (χ2n) is 2.33. The molecule has 0 saturated carbocycles. The molecule has 1 heterocycles. The largest absolute Gasteiger partial charge is 0.378 e. The predicted octanol–water partition coefficient (Wildman–Crippen LogP) is 2.89. The number of alkyl halides is 1. The zero-order valence-corrected chi connectivity index (χ0v) is 9.85. The third kappa shape index (κ3) is 2.84. The van der Waals surface area contributed by atoms with Crippen molar-refractivity contribution in [2.75, 3.05) is 7.11 Å². The first kappa shape index (κ1) is 10.2. The molecule has 66 valence electrons. The van der Waals surface area contributed by atoms with Crippen molar-refractivity contribution in [2.24, 2.45) is 0 Å². The summed E-state index contributed by atoms with van der Waals surface area (Å²) in [5.41, 5.74) is 1.96. The number of hydrogen-bond donors (Lipinski definition) is 0. The Morgan fingerprint density at radius 1 is 1.42 bits per heavy atom. The zero-order valence-electron chi connectivity index (χ0n) is 6.68. The normalized spacial score (nSPS) is 10.2. The van der Waals surface area contributed by atoms with Crippen LogP contribution in [0.2, 0.25) is 0 Å². The Kier molecular flexibility index (Phi) is 4.18. The molecule has 0 spiro atoms. The van der Waals surface area contributed by atoms with Crippen LogP contribution in [0.15, 0.2) is 16.6 Å². The summed E-state index contributed by atoms with van der Waals surface area (Å²) in [4.78, 5) is 4.34. The second-order valence-corrected chi connectivity index (χ2v) is 3.81. The summed E-state index contributed by atoms with van der Waals surface area (Å²) >= 11 is 6.76. The monoisotopic (exact) mass is 293 g/mol. The van der Waals surface area contributed by atoms with Crippen molar-refractivity contribution in [2.45, 2.75) is 11.9 Å². The lowest BCUT2D eigenvalue weighted by atomic mass is 10.3. The molecule has 0 aliphatic rings. The smallest absolute Gasteiger partial charge is 0.0884 e. The average Bonchev–Trinajstić information content (AvgIpc) is 2.04. The van der Waals surface area contributed by atoms with Crippen molar-refractivity contribution < 1.29 is 4.74 Å². The molecule has 2 nitrogen and oxygen atoms in total. The topological polar surface area (TPSA) is 22.1 Å². The summed E-state index contributed by atoms with van der Waals surface area (Å²) in [5, 5.41) is 0.767. The number of methoxy groups -OCH3 is 1. The quantitative estimate of drug-likeness (QED) is 0.800. The first-order valence-corrected chi connectivity index (χ1v) is 5.38. The summed E-state index contributed by atoms with van der Waals surface area (Å²) in [7, 11) is 1.66. The summed E-state index contributed by atoms with van der Waals surface area (Å²) in [6.07, 6.45) is 0. The van der Waals surface area contributed by atoms with E-state index in [9.17, 15) is 0 Å². The molecule has 0 atom stereocenters. The molecule has 0 unspecified atom stereocenters. The molecule has 0 N–H and O–H groups in total. The van der Waals surface area contributed by atoms with E-state index in [4.69, 9.17) is 4.74 Å². The van der Waals surface area contributed by atoms with Gasteiger partial charge in [-0.25, -0.2) is 0 Å². The lowest BCUT2D eigenvalue weighted by Crippen LogP contribution is -1.95. The lowest BCUT2D eigenvalue weighted by Gasteiger charge is -2.02. The van der Waals surface area contributed by atoms with Gasteiger partial charge in [0.25, 0.3) is 0 Å². The molecule has 12 heavy (non-hydrogen) atoms. The number of rotatable bonds is 3. The van der Waals surface area contributed by atoms with Crippen molar-refractivity contribution in [1.82, 2.24) is 4.98 Å². The Balaban J connectivity index is 2.90. The third-order valence-corrected chi connectivity index (χ3v) is 2.36. The highest BCUT2D eigenvalue weighted by molar-refractivity contribution is 9.10. The van der Waals surface area contributed by atoms with Crippen molar-refractivity contribution in [3.63, 3.8) is 0 Å². The summed E-state index contributed by atoms with van der Waals surface area (Å²) in [5.74, 6) is 0. The van der Waals surface area contributed by atoms with Crippen LogP contribution in [0.1, 0.15) is 11.4 Å². The number of halogens is 2. The van der Waals surface area contributed by atoms with Crippen molar-refractivity contribution in [3.05, 3.63) is 28.0 Å². The van der Waals surface area contributed by atoms with Gasteiger partial charge in [0.1, 0.15) is 0 Å². The fraction of sp³-hybridized carbons (Fsp3) is 0.375. The standard InChI is InChI=1S/C8H9Br2NO/c1-12-5-8-3-6(10)2-7(4-9)11-8/h2-3H,4-5H2,1H3. The van der Waals surface area contributed by atoms with Crippen LogP contribution >= 0.6 is 31.9 Å². The fourth-order valence-electron chi connectivity index (χ4n) is 0.899. The van der Waals surface area contributed by atoms with E-state index in [2.05, 4.69) is 36.8 Å². The summed E-state index contributed by atoms with van der Waals surface area (Å²) in [6, 6.07) is 3.93. The van der Waals surface area contributed by atoms with Gasteiger partial charge >= 0.3 is 0 Å². The maximum atomic E-state index is 4.98. The van der Waals surface area contributed by atoms with Crippen LogP contribution in [-0.4, -0.2) is 12.1 Å². The van der Waals surface area contributed by atoms with Gasteiger partial charge in [-0.3, -0.25) is 4.98 Å². The van der Waals surface area contributed by atoms with Crippen molar-refractivity contribution in [3.8, 4) is 0 Å². The maximum Gasteiger partial charge on any atom is 0.0884 e. The van der Waals surface area contributed by atoms with Gasteiger partial charge in [-0.15, -0.1) is 0 Å². The molecule has 4 heteroatoms. The van der Waals surface area contributed by atoms with Crippen LogP contribution in [0.4, 0.5) is 0 Å². The first-order valence-electron chi connectivity index (χ1n) is 3.46. The average molecular weight is 295 g/mol. The highest BCUT2D eigenvalue weighted by atomic mass is 79.9. The van der Waals surface area contributed by atoms with E-state index in [1.807, 2.05) is 12.1 Å². The summed E-state index contributed by atoms with van der Waals surface area (Å²) < 4.78 is 6.02. The van der Waals surface area contributed by atoms with Crippen LogP contribution in [0.3, 0.4) is 0 Å². The Labute approximate surface area is 88.6 Å². The zero-order chi connectivity index (χ0) is 8.97. The molecule has 0 radical (unpaired) electrons. The third-order valence-electron chi connectivity index (χ3n) is 1.33. The van der Waals surface area contributed by atoms with Crippen LogP contribution in [0.25, 0.3) is 0 Å². The van der Waals surface area contributed by atoms with Crippen LogP contribution in [0.5, 0.6) is 0 Å². The van der Waals surface area contributed by atoms with Crippen LogP contribution in [0, 0.1) is 0 Å². The number of hydrogen-bond acceptors (Lipinski definition) is 2. The molecule has 1 aromatic rings. The van der Waals surface area contributed by atoms with Gasteiger partial charge in [0.05, 0.1) is 18.0 Å².